The molecule has 3 aromatic rings. The van der Waals surface area contributed by atoms with Crippen LogP contribution in [0.1, 0.15) is 12.5 Å². The first-order valence-electron chi connectivity index (χ1n) is 9.55. The average molecular weight is 440 g/mol. The Morgan fingerprint density at radius 3 is 2.90 bits per heavy atom. The van der Waals surface area contributed by atoms with Gasteiger partial charge in [-0.1, -0.05) is 11.6 Å². The Morgan fingerprint density at radius 1 is 1.37 bits per heavy atom. The summed E-state index contributed by atoms with van der Waals surface area (Å²) in [6, 6.07) is 0.740. The Balaban J connectivity index is 1.38. The SMILES string of the molecule is COc1nc(Nc2cnn(C3CCN(C4COC4)CC3(F)F)c2Cl)nc2[nH]ccc12. The fraction of sp³-hybridized carbons (Fsp3) is 0.500. The molecule has 2 saturated heterocycles. The first-order chi connectivity index (χ1) is 14.5. The highest BCUT2D eigenvalue weighted by atomic mass is 35.5. The molecule has 0 radical (unpaired) electrons. The van der Waals surface area contributed by atoms with Crippen molar-refractivity contribution in [3.63, 3.8) is 0 Å². The van der Waals surface area contributed by atoms with E-state index in [9.17, 15) is 8.78 Å². The highest BCUT2D eigenvalue weighted by molar-refractivity contribution is 6.32. The number of nitrogens with zero attached hydrogens (tertiary/aromatic N) is 5. The molecule has 0 saturated carbocycles. The Kier molecular flexibility index (Phi) is 4.75. The van der Waals surface area contributed by atoms with Crippen molar-refractivity contribution in [3.8, 4) is 5.88 Å². The number of likely N-dealkylation sites (tertiary alicyclic amines) is 1. The van der Waals surface area contributed by atoms with E-state index >= 15 is 0 Å². The summed E-state index contributed by atoms with van der Waals surface area (Å²) >= 11 is 6.42. The summed E-state index contributed by atoms with van der Waals surface area (Å²) in [5, 5.41) is 7.89. The number of alkyl halides is 2. The maximum Gasteiger partial charge on any atom is 0.282 e. The second-order valence-electron chi connectivity index (χ2n) is 7.44. The molecule has 9 nitrogen and oxygen atoms in total. The third-order valence-corrected chi connectivity index (χ3v) is 5.96. The van der Waals surface area contributed by atoms with Crippen molar-refractivity contribution in [2.45, 2.75) is 24.4 Å². The lowest BCUT2D eigenvalue weighted by atomic mass is 9.99. The van der Waals surface area contributed by atoms with E-state index in [0.717, 1.165) is 5.39 Å². The van der Waals surface area contributed by atoms with Gasteiger partial charge in [0.05, 0.1) is 50.2 Å². The average Bonchev–Trinajstić information content (AvgIpc) is 3.27. The van der Waals surface area contributed by atoms with Crippen molar-refractivity contribution in [2.24, 2.45) is 0 Å². The number of aromatic amines is 1. The zero-order valence-corrected chi connectivity index (χ0v) is 16.9. The van der Waals surface area contributed by atoms with E-state index in [-0.39, 0.29) is 30.1 Å². The minimum atomic E-state index is -2.97. The van der Waals surface area contributed by atoms with Gasteiger partial charge in [-0.2, -0.15) is 15.1 Å². The molecular weight excluding hydrogens is 420 g/mol. The highest BCUT2D eigenvalue weighted by Gasteiger charge is 2.49. The molecule has 0 amide bonds. The molecule has 1 unspecified atom stereocenters. The van der Waals surface area contributed by atoms with Gasteiger partial charge in [0.25, 0.3) is 5.92 Å². The summed E-state index contributed by atoms with van der Waals surface area (Å²) < 4.78 is 41.4. The van der Waals surface area contributed by atoms with E-state index in [0.29, 0.717) is 37.0 Å². The molecule has 5 heterocycles. The Morgan fingerprint density at radius 2 is 2.20 bits per heavy atom. The van der Waals surface area contributed by atoms with E-state index < -0.39 is 12.0 Å². The number of ether oxygens (including phenoxy) is 2. The normalized spacial score (nSPS) is 22.2. The molecule has 0 spiro atoms. The van der Waals surface area contributed by atoms with Crippen LogP contribution in [0.2, 0.25) is 5.15 Å². The van der Waals surface area contributed by atoms with Gasteiger partial charge in [0, 0.05) is 12.7 Å². The van der Waals surface area contributed by atoms with Crippen LogP contribution in [0, 0.1) is 0 Å². The second kappa shape index (κ2) is 7.33. The maximum atomic E-state index is 14.9. The number of aromatic nitrogens is 5. The number of piperidine rings is 1. The van der Waals surface area contributed by atoms with Crippen LogP contribution in [0.3, 0.4) is 0 Å². The van der Waals surface area contributed by atoms with E-state index in [2.05, 4.69) is 25.4 Å². The number of fused-ring (bicyclic) bond motifs is 1. The number of rotatable bonds is 5. The molecule has 160 valence electrons. The Bertz CT molecular complexity index is 1070. The molecule has 5 rings (SSSR count). The molecule has 30 heavy (non-hydrogen) atoms. The zero-order valence-electron chi connectivity index (χ0n) is 16.1. The molecule has 2 N–H and O–H groups in total. The van der Waals surface area contributed by atoms with Gasteiger partial charge in [0.15, 0.2) is 5.15 Å². The van der Waals surface area contributed by atoms with Crippen molar-refractivity contribution in [1.82, 2.24) is 29.6 Å². The lowest BCUT2D eigenvalue weighted by molar-refractivity contribution is -0.149. The molecule has 2 aliphatic heterocycles. The van der Waals surface area contributed by atoms with Crippen LogP contribution in [-0.2, 0) is 4.74 Å². The first-order valence-corrected chi connectivity index (χ1v) is 9.93. The smallest absolute Gasteiger partial charge is 0.282 e. The standard InChI is InChI=1S/C18H20ClF2N7O2/c1-29-16-11-2-4-22-15(11)25-17(26-16)24-12-6-23-28(14(12)19)13-3-5-27(9-18(13,20)21)10-7-30-8-10/h2,4,6,10,13H,3,5,7-9H2,1H3,(H2,22,24,25,26). The number of anilines is 2. The van der Waals surface area contributed by atoms with Crippen LogP contribution in [0.5, 0.6) is 5.88 Å². The molecule has 12 heteroatoms. The predicted molar refractivity (Wildman–Crippen MR) is 106 cm³/mol. The van der Waals surface area contributed by atoms with Crippen molar-refractivity contribution in [3.05, 3.63) is 23.6 Å². The number of halogens is 3. The molecule has 0 aromatic carbocycles. The van der Waals surface area contributed by atoms with Gasteiger partial charge >= 0.3 is 0 Å². The van der Waals surface area contributed by atoms with Gasteiger partial charge in [-0.15, -0.1) is 0 Å². The number of H-pyrrole nitrogens is 1. The van der Waals surface area contributed by atoms with Crippen molar-refractivity contribution in [2.75, 3.05) is 38.7 Å². The third-order valence-electron chi connectivity index (χ3n) is 5.58. The topological polar surface area (TPSA) is 93.1 Å². The molecule has 2 fully saturated rings. The monoisotopic (exact) mass is 439 g/mol. The molecule has 0 bridgehead atoms. The number of hydrogen-bond donors (Lipinski definition) is 2. The van der Waals surface area contributed by atoms with E-state index in [1.54, 1.807) is 17.2 Å². The predicted octanol–water partition coefficient (Wildman–Crippen LogP) is 2.84. The van der Waals surface area contributed by atoms with E-state index in [1.165, 1.54) is 18.0 Å². The second-order valence-corrected chi connectivity index (χ2v) is 7.80. The van der Waals surface area contributed by atoms with Crippen molar-refractivity contribution >= 4 is 34.3 Å². The maximum absolute atomic E-state index is 14.9. The van der Waals surface area contributed by atoms with Crippen molar-refractivity contribution < 1.29 is 18.3 Å². The fourth-order valence-electron chi connectivity index (χ4n) is 3.89. The summed E-state index contributed by atoms with van der Waals surface area (Å²) in [5.74, 6) is -2.37. The fourth-order valence-corrected chi connectivity index (χ4v) is 4.15. The molecule has 0 aliphatic carbocycles. The summed E-state index contributed by atoms with van der Waals surface area (Å²) in [6.45, 7) is 1.21. The number of nitrogens with one attached hydrogen (secondary N) is 2. The van der Waals surface area contributed by atoms with Gasteiger partial charge in [-0.3, -0.25) is 4.90 Å². The van der Waals surface area contributed by atoms with Crippen LogP contribution in [-0.4, -0.2) is 75.0 Å². The zero-order chi connectivity index (χ0) is 20.9. The lowest BCUT2D eigenvalue weighted by Crippen LogP contribution is -2.58. The Hall–Kier alpha value is -2.50. The number of hydrogen-bond acceptors (Lipinski definition) is 7. The van der Waals surface area contributed by atoms with Crippen molar-refractivity contribution in [1.29, 1.82) is 0 Å². The number of methoxy groups -OCH3 is 1. The largest absolute Gasteiger partial charge is 0.480 e. The quantitative estimate of drug-likeness (QED) is 0.631. The summed E-state index contributed by atoms with van der Waals surface area (Å²) in [5.41, 5.74) is 0.919. The van der Waals surface area contributed by atoms with Gasteiger partial charge in [0.2, 0.25) is 11.8 Å². The minimum Gasteiger partial charge on any atom is -0.480 e. The highest BCUT2D eigenvalue weighted by Crippen LogP contribution is 2.40. The van der Waals surface area contributed by atoms with Gasteiger partial charge < -0.3 is 19.8 Å². The summed E-state index contributed by atoms with van der Waals surface area (Å²) in [6.07, 6.45) is 3.36. The summed E-state index contributed by atoms with van der Waals surface area (Å²) in [7, 11) is 1.51. The first kappa shape index (κ1) is 19.5. The van der Waals surface area contributed by atoms with Gasteiger partial charge in [-0.05, 0) is 12.5 Å². The van der Waals surface area contributed by atoms with Gasteiger partial charge in [-0.25, -0.2) is 13.5 Å². The van der Waals surface area contributed by atoms with Crippen LogP contribution in [0.15, 0.2) is 18.5 Å². The Labute approximate surface area is 175 Å². The van der Waals surface area contributed by atoms with Crippen LogP contribution < -0.4 is 10.1 Å². The molecule has 3 aromatic heterocycles. The molecule has 2 aliphatic rings. The van der Waals surface area contributed by atoms with Crippen LogP contribution in [0.4, 0.5) is 20.4 Å². The lowest BCUT2D eigenvalue weighted by Gasteiger charge is -2.44. The molecular formula is C18H20ClF2N7O2. The van der Waals surface area contributed by atoms with E-state index in [4.69, 9.17) is 21.1 Å². The van der Waals surface area contributed by atoms with Gasteiger partial charge in [0.1, 0.15) is 11.7 Å². The minimum absolute atomic E-state index is 0.0668. The van der Waals surface area contributed by atoms with E-state index in [1.807, 2.05) is 0 Å². The van der Waals surface area contributed by atoms with Crippen LogP contribution in [0.25, 0.3) is 11.0 Å². The summed E-state index contributed by atoms with van der Waals surface area (Å²) in [4.78, 5) is 13.4. The molecule has 1 atom stereocenters. The van der Waals surface area contributed by atoms with Crippen LogP contribution >= 0.6 is 11.6 Å². The third kappa shape index (κ3) is 3.26.